The van der Waals surface area contributed by atoms with Gasteiger partial charge in [-0.25, -0.2) is 5.01 Å². The topological polar surface area (TPSA) is 58.3 Å². The van der Waals surface area contributed by atoms with Gasteiger partial charge in [0.2, 0.25) is 5.91 Å². The first kappa shape index (κ1) is 18.2. The minimum absolute atomic E-state index is 0.00743. The molecule has 2 aliphatic rings. The van der Waals surface area contributed by atoms with Crippen molar-refractivity contribution in [2.75, 3.05) is 32.8 Å². The lowest BCUT2D eigenvalue weighted by molar-refractivity contribution is -0.133. The molecule has 1 amide bonds. The quantitative estimate of drug-likeness (QED) is 0.789. The van der Waals surface area contributed by atoms with Gasteiger partial charge in [-0.15, -0.1) is 0 Å². The van der Waals surface area contributed by atoms with E-state index in [4.69, 9.17) is 20.8 Å². The Morgan fingerprint density at radius 2 is 2.07 bits per heavy atom. The van der Waals surface area contributed by atoms with E-state index in [-0.39, 0.29) is 11.9 Å². The Labute approximate surface area is 163 Å². The fourth-order valence-corrected chi connectivity index (χ4v) is 3.70. The lowest BCUT2D eigenvalue weighted by atomic mass is 10.0. The first-order valence-electron chi connectivity index (χ1n) is 9.20. The molecule has 3 heterocycles. The van der Waals surface area contributed by atoms with E-state index in [1.54, 1.807) is 11.3 Å². The first-order chi connectivity index (χ1) is 13.2. The van der Waals surface area contributed by atoms with Crippen LogP contribution in [0.5, 0.6) is 0 Å². The van der Waals surface area contributed by atoms with Gasteiger partial charge in [0.05, 0.1) is 25.5 Å². The molecule has 1 fully saturated rings. The lowest BCUT2D eigenvalue weighted by Crippen LogP contribution is -2.39. The predicted molar refractivity (Wildman–Crippen MR) is 103 cm³/mol. The molecule has 27 heavy (non-hydrogen) atoms. The Kier molecular flexibility index (Phi) is 5.57. The van der Waals surface area contributed by atoms with Gasteiger partial charge < -0.3 is 9.15 Å². The van der Waals surface area contributed by atoms with Crippen molar-refractivity contribution in [3.8, 4) is 0 Å². The summed E-state index contributed by atoms with van der Waals surface area (Å²) in [6.45, 7) is 3.90. The average Bonchev–Trinajstić information content (AvgIpc) is 3.36. The van der Waals surface area contributed by atoms with Gasteiger partial charge in [-0.3, -0.25) is 9.69 Å². The number of benzene rings is 1. The van der Waals surface area contributed by atoms with Crippen LogP contribution in [0.25, 0.3) is 0 Å². The van der Waals surface area contributed by atoms with Crippen LogP contribution in [0.1, 0.15) is 30.2 Å². The van der Waals surface area contributed by atoms with Crippen LogP contribution in [0, 0.1) is 0 Å². The molecule has 142 valence electrons. The number of hydrogen-bond acceptors (Lipinski definition) is 5. The SMILES string of the molecule is O=C(CCN1CCOCC1)N1N=C(c2ccco2)C[C@H]1c1cccc(Cl)c1. The van der Waals surface area contributed by atoms with Crippen molar-refractivity contribution in [2.45, 2.75) is 18.9 Å². The van der Waals surface area contributed by atoms with E-state index in [1.165, 1.54) is 0 Å². The highest BCUT2D eigenvalue weighted by Gasteiger charge is 2.34. The number of halogens is 1. The summed E-state index contributed by atoms with van der Waals surface area (Å²) < 4.78 is 10.9. The molecule has 0 saturated carbocycles. The summed E-state index contributed by atoms with van der Waals surface area (Å²) in [7, 11) is 0. The Balaban J connectivity index is 1.52. The van der Waals surface area contributed by atoms with E-state index >= 15 is 0 Å². The summed E-state index contributed by atoms with van der Waals surface area (Å²) in [4.78, 5) is 15.2. The highest BCUT2D eigenvalue weighted by molar-refractivity contribution is 6.30. The number of nitrogens with zero attached hydrogens (tertiary/aromatic N) is 3. The number of carbonyl (C=O) groups excluding carboxylic acids is 1. The van der Waals surface area contributed by atoms with Gasteiger partial charge in [-0.05, 0) is 29.8 Å². The van der Waals surface area contributed by atoms with E-state index in [1.807, 2.05) is 36.4 Å². The second kappa shape index (κ2) is 8.25. The standard InChI is InChI=1S/C20H22ClN3O3/c21-16-4-1-3-15(13-16)18-14-17(19-5-2-10-27-19)22-24(18)20(25)6-7-23-8-11-26-12-9-23/h1-5,10,13,18H,6-9,11-12,14H2/t18-/m0/s1. The average molecular weight is 388 g/mol. The van der Waals surface area contributed by atoms with Gasteiger partial charge >= 0.3 is 0 Å². The second-order valence-electron chi connectivity index (χ2n) is 6.74. The summed E-state index contributed by atoms with van der Waals surface area (Å²) in [6, 6.07) is 11.2. The van der Waals surface area contributed by atoms with E-state index in [0.717, 1.165) is 37.6 Å². The molecule has 6 nitrogen and oxygen atoms in total. The van der Waals surface area contributed by atoms with Gasteiger partial charge in [-0.2, -0.15) is 5.10 Å². The minimum Gasteiger partial charge on any atom is -0.463 e. The van der Waals surface area contributed by atoms with Crippen molar-refractivity contribution in [3.63, 3.8) is 0 Å². The van der Waals surface area contributed by atoms with Crippen molar-refractivity contribution >= 4 is 23.2 Å². The van der Waals surface area contributed by atoms with E-state index in [9.17, 15) is 4.79 Å². The van der Waals surface area contributed by atoms with Crippen LogP contribution in [-0.2, 0) is 9.53 Å². The van der Waals surface area contributed by atoms with Gasteiger partial charge in [0.1, 0.15) is 11.5 Å². The van der Waals surface area contributed by atoms with E-state index in [2.05, 4.69) is 10.0 Å². The predicted octanol–water partition coefficient (Wildman–Crippen LogP) is 3.33. The third-order valence-corrected chi connectivity index (χ3v) is 5.19. The highest BCUT2D eigenvalue weighted by Crippen LogP contribution is 2.34. The summed E-state index contributed by atoms with van der Waals surface area (Å²) >= 11 is 6.17. The molecular formula is C20H22ClN3O3. The Hall–Kier alpha value is -2.15. The number of carbonyl (C=O) groups is 1. The minimum atomic E-state index is -0.166. The summed E-state index contributed by atoms with van der Waals surface area (Å²) in [5, 5.41) is 6.86. The fourth-order valence-electron chi connectivity index (χ4n) is 3.50. The van der Waals surface area contributed by atoms with E-state index in [0.29, 0.717) is 30.2 Å². The van der Waals surface area contributed by atoms with E-state index < -0.39 is 0 Å². The molecular weight excluding hydrogens is 366 g/mol. The van der Waals surface area contributed by atoms with Crippen molar-refractivity contribution < 1.29 is 13.9 Å². The van der Waals surface area contributed by atoms with Gasteiger partial charge in [0, 0.05) is 37.5 Å². The van der Waals surface area contributed by atoms with Gasteiger partial charge in [-0.1, -0.05) is 23.7 Å². The number of furan rings is 1. The van der Waals surface area contributed by atoms with Crippen LogP contribution in [-0.4, -0.2) is 54.4 Å². The molecule has 0 radical (unpaired) electrons. The van der Waals surface area contributed by atoms with Crippen molar-refractivity contribution in [3.05, 3.63) is 59.0 Å². The molecule has 0 aliphatic carbocycles. The maximum Gasteiger partial charge on any atom is 0.244 e. The molecule has 0 N–H and O–H groups in total. The molecule has 1 saturated heterocycles. The number of hydrazone groups is 1. The molecule has 0 unspecified atom stereocenters. The molecule has 0 spiro atoms. The van der Waals surface area contributed by atoms with Crippen LogP contribution in [0.3, 0.4) is 0 Å². The van der Waals surface area contributed by atoms with Gasteiger partial charge in [0.15, 0.2) is 0 Å². The number of rotatable bonds is 5. The van der Waals surface area contributed by atoms with Crippen LogP contribution >= 0.6 is 11.6 Å². The Bertz CT molecular complexity index is 816. The molecule has 4 rings (SSSR count). The highest BCUT2D eigenvalue weighted by atomic mass is 35.5. The summed E-state index contributed by atoms with van der Waals surface area (Å²) in [5.74, 6) is 0.707. The largest absolute Gasteiger partial charge is 0.463 e. The smallest absolute Gasteiger partial charge is 0.244 e. The number of amides is 1. The van der Waals surface area contributed by atoms with Crippen LogP contribution in [0.15, 0.2) is 52.2 Å². The zero-order valence-electron chi connectivity index (χ0n) is 15.0. The maximum absolute atomic E-state index is 13.0. The third-order valence-electron chi connectivity index (χ3n) is 4.95. The number of hydrogen-bond donors (Lipinski definition) is 0. The second-order valence-corrected chi connectivity index (χ2v) is 7.18. The van der Waals surface area contributed by atoms with Crippen LogP contribution < -0.4 is 0 Å². The zero-order valence-corrected chi connectivity index (χ0v) is 15.8. The van der Waals surface area contributed by atoms with Crippen molar-refractivity contribution in [2.24, 2.45) is 5.10 Å². The molecule has 1 atom stereocenters. The molecule has 2 aromatic rings. The van der Waals surface area contributed by atoms with Crippen LogP contribution in [0.2, 0.25) is 5.02 Å². The molecule has 1 aromatic carbocycles. The molecule has 2 aliphatic heterocycles. The van der Waals surface area contributed by atoms with Crippen LogP contribution in [0.4, 0.5) is 0 Å². The first-order valence-corrected chi connectivity index (χ1v) is 9.57. The van der Waals surface area contributed by atoms with Crippen molar-refractivity contribution in [1.82, 2.24) is 9.91 Å². The zero-order chi connectivity index (χ0) is 18.6. The monoisotopic (exact) mass is 387 g/mol. The molecule has 7 heteroatoms. The summed E-state index contributed by atoms with van der Waals surface area (Å²) in [6.07, 6.45) is 2.65. The lowest BCUT2D eigenvalue weighted by Gasteiger charge is -2.27. The van der Waals surface area contributed by atoms with Gasteiger partial charge in [0.25, 0.3) is 0 Å². The third kappa shape index (κ3) is 4.24. The Morgan fingerprint density at radius 1 is 1.22 bits per heavy atom. The normalized spacial score (nSPS) is 20.7. The fraction of sp³-hybridized carbons (Fsp3) is 0.400. The number of ether oxygens (including phenoxy) is 1. The summed E-state index contributed by atoms with van der Waals surface area (Å²) in [5.41, 5.74) is 1.76. The maximum atomic E-state index is 13.0. The van der Waals surface area contributed by atoms with Crippen molar-refractivity contribution in [1.29, 1.82) is 0 Å². The number of morpholine rings is 1. The molecule has 0 bridgehead atoms. The Morgan fingerprint density at radius 3 is 2.81 bits per heavy atom. The molecule has 1 aromatic heterocycles.